The van der Waals surface area contributed by atoms with Crippen molar-refractivity contribution in [3.63, 3.8) is 0 Å². The van der Waals surface area contributed by atoms with Crippen molar-refractivity contribution in [1.29, 1.82) is 0 Å². The Morgan fingerprint density at radius 1 is 1.33 bits per heavy atom. The molecule has 3 saturated carbocycles. The van der Waals surface area contributed by atoms with Crippen LogP contribution in [-0.2, 0) is 9.59 Å². The Morgan fingerprint density at radius 2 is 2.10 bits per heavy atom. The zero-order chi connectivity index (χ0) is 21.4. The van der Waals surface area contributed by atoms with E-state index in [1.165, 1.54) is 12.1 Å². The molecular weight excluding hydrogens is 411 g/mol. The van der Waals surface area contributed by atoms with Crippen molar-refractivity contribution < 1.29 is 18.7 Å². The Kier molecular flexibility index (Phi) is 5.92. The van der Waals surface area contributed by atoms with Crippen LogP contribution in [0.25, 0.3) is 0 Å². The zero-order valence-corrected chi connectivity index (χ0v) is 17.8. The van der Waals surface area contributed by atoms with Crippen LogP contribution in [0.1, 0.15) is 39.0 Å². The van der Waals surface area contributed by atoms with Gasteiger partial charge in [-0.05, 0) is 50.8 Å². The molecule has 3 aliphatic carbocycles. The van der Waals surface area contributed by atoms with Gasteiger partial charge in [0.25, 0.3) is 5.91 Å². The molecular formula is C21H28ClFN4O3. The smallest absolute Gasteiger partial charge is 0.258 e. The molecule has 9 heteroatoms. The van der Waals surface area contributed by atoms with Gasteiger partial charge in [-0.15, -0.1) is 0 Å². The fraction of sp³-hybridized carbons (Fsp3) is 0.619. The highest BCUT2D eigenvalue weighted by molar-refractivity contribution is 6.30. The second-order valence-electron chi connectivity index (χ2n) is 8.78. The molecule has 1 aromatic rings. The van der Waals surface area contributed by atoms with Gasteiger partial charge in [0.15, 0.2) is 6.61 Å². The molecule has 4 fully saturated rings. The summed E-state index contributed by atoms with van der Waals surface area (Å²) in [5.74, 6) is -0.535. The summed E-state index contributed by atoms with van der Waals surface area (Å²) in [7, 11) is 0. The van der Waals surface area contributed by atoms with E-state index in [-0.39, 0.29) is 46.2 Å². The lowest BCUT2D eigenvalue weighted by Crippen LogP contribution is -2.78. The highest BCUT2D eigenvalue weighted by atomic mass is 35.5. The van der Waals surface area contributed by atoms with Crippen LogP contribution in [0, 0.1) is 11.2 Å². The number of nitrogens with one attached hydrogen (secondary N) is 4. The summed E-state index contributed by atoms with van der Waals surface area (Å²) in [6.07, 6.45) is 4.27. The predicted molar refractivity (Wildman–Crippen MR) is 111 cm³/mol. The molecule has 0 spiro atoms. The summed E-state index contributed by atoms with van der Waals surface area (Å²) in [5, 5.41) is 13.0. The van der Waals surface area contributed by atoms with Crippen LogP contribution in [0.15, 0.2) is 18.2 Å². The van der Waals surface area contributed by atoms with Gasteiger partial charge in [-0.1, -0.05) is 18.5 Å². The molecule has 4 N–H and O–H groups in total. The minimum atomic E-state index is -0.591. The van der Waals surface area contributed by atoms with Crippen LogP contribution in [0.3, 0.4) is 0 Å². The second kappa shape index (κ2) is 8.32. The van der Waals surface area contributed by atoms with Crippen molar-refractivity contribution in [2.24, 2.45) is 5.41 Å². The lowest BCUT2D eigenvalue weighted by Gasteiger charge is -2.69. The molecule has 164 valence electrons. The third kappa shape index (κ3) is 4.26. The average molecular weight is 439 g/mol. The van der Waals surface area contributed by atoms with Gasteiger partial charge in [-0.3, -0.25) is 14.9 Å². The maximum Gasteiger partial charge on any atom is 0.258 e. The van der Waals surface area contributed by atoms with E-state index in [0.717, 1.165) is 25.5 Å². The minimum absolute atomic E-state index is 0.00496. The number of hydrogen-bond donors (Lipinski definition) is 4. The third-order valence-corrected chi connectivity index (χ3v) is 6.72. The fourth-order valence-electron chi connectivity index (χ4n) is 4.89. The predicted octanol–water partition coefficient (Wildman–Crippen LogP) is 1.70. The van der Waals surface area contributed by atoms with E-state index >= 15 is 0 Å². The van der Waals surface area contributed by atoms with E-state index in [1.807, 2.05) is 0 Å². The topological polar surface area (TPSA) is 91.5 Å². The molecule has 0 aromatic heterocycles. The number of halogens is 2. The summed E-state index contributed by atoms with van der Waals surface area (Å²) in [5.41, 5.74) is -0.645. The van der Waals surface area contributed by atoms with E-state index < -0.39 is 5.82 Å². The maximum absolute atomic E-state index is 13.4. The number of rotatable bonds is 8. The molecule has 2 unspecified atom stereocenters. The highest BCUT2D eigenvalue weighted by Crippen LogP contribution is 2.67. The van der Waals surface area contributed by atoms with Gasteiger partial charge in [0.2, 0.25) is 5.91 Å². The van der Waals surface area contributed by atoms with Crippen LogP contribution in [0.4, 0.5) is 4.39 Å². The first-order chi connectivity index (χ1) is 14.3. The molecule has 0 radical (unpaired) electrons. The third-order valence-electron chi connectivity index (χ3n) is 6.42. The average Bonchev–Trinajstić information content (AvgIpc) is 2.68. The van der Waals surface area contributed by atoms with Gasteiger partial charge in [-0.2, -0.15) is 0 Å². The minimum Gasteiger partial charge on any atom is -0.484 e. The number of hydrogen-bond acceptors (Lipinski definition) is 5. The lowest BCUT2D eigenvalue weighted by atomic mass is 9.39. The normalized spacial score (nSPS) is 31.8. The second-order valence-corrected chi connectivity index (χ2v) is 9.19. The van der Waals surface area contributed by atoms with Gasteiger partial charge < -0.3 is 20.7 Å². The number of amides is 2. The zero-order valence-electron chi connectivity index (χ0n) is 17.0. The fourth-order valence-corrected chi connectivity index (χ4v) is 5.01. The van der Waals surface area contributed by atoms with Crippen molar-refractivity contribution >= 4 is 23.4 Å². The monoisotopic (exact) mass is 438 g/mol. The van der Waals surface area contributed by atoms with Crippen LogP contribution >= 0.6 is 11.6 Å². The summed E-state index contributed by atoms with van der Waals surface area (Å²) >= 11 is 5.63. The molecule has 1 saturated heterocycles. The van der Waals surface area contributed by atoms with Crippen molar-refractivity contribution in [3.05, 3.63) is 29.0 Å². The molecule has 30 heavy (non-hydrogen) atoms. The summed E-state index contributed by atoms with van der Waals surface area (Å²) < 4.78 is 18.8. The molecule has 1 heterocycles. The molecule has 2 atom stereocenters. The maximum atomic E-state index is 13.4. The highest BCUT2D eigenvalue weighted by Gasteiger charge is 2.72. The Bertz CT molecular complexity index is 817. The number of benzene rings is 1. The Balaban J connectivity index is 1.17. The van der Waals surface area contributed by atoms with Crippen LogP contribution in [-0.4, -0.2) is 49.3 Å². The van der Waals surface area contributed by atoms with E-state index in [0.29, 0.717) is 32.0 Å². The molecule has 1 aliphatic heterocycles. The Morgan fingerprint density at radius 3 is 2.80 bits per heavy atom. The van der Waals surface area contributed by atoms with Gasteiger partial charge in [-0.25, -0.2) is 4.39 Å². The van der Waals surface area contributed by atoms with Gasteiger partial charge >= 0.3 is 0 Å². The lowest BCUT2D eigenvalue weighted by molar-refractivity contribution is -0.184. The van der Waals surface area contributed by atoms with Crippen LogP contribution in [0.5, 0.6) is 5.75 Å². The van der Waals surface area contributed by atoms with Crippen molar-refractivity contribution in [1.82, 2.24) is 21.3 Å². The molecule has 5 rings (SSSR count). The largest absolute Gasteiger partial charge is 0.484 e. The Hall–Kier alpha value is -1.90. The van der Waals surface area contributed by atoms with E-state index in [4.69, 9.17) is 16.3 Å². The number of carbonyl (C=O) groups is 2. The molecule has 1 aromatic carbocycles. The number of carbonyl (C=O) groups excluding carboxylic acids is 2. The first-order valence-corrected chi connectivity index (χ1v) is 10.9. The SMILES string of the molecule is CCC1NCCC(CNC(=O)C23CC(NC(=O)COc4ccc(Cl)c(F)c4)(C2)C3)N1. The molecule has 7 nitrogen and oxygen atoms in total. The summed E-state index contributed by atoms with van der Waals surface area (Å²) in [6.45, 7) is 3.50. The van der Waals surface area contributed by atoms with Gasteiger partial charge in [0.05, 0.1) is 16.6 Å². The van der Waals surface area contributed by atoms with Crippen LogP contribution < -0.4 is 26.0 Å². The van der Waals surface area contributed by atoms with E-state index in [2.05, 4.69) is 28.2 Å². The standard InChI is InChI=1S/C21H28ClFN4O3/c1-2-17-24-6-5-13(26-17)8-25-19(29)20-10-21(11-20,12-20)27-18(28)9-30-14-3-4-15(22)16(23)7-14/h3-4,7,13,17,24,26H,2,5-6,8-12H2,1H3,(H,25,29)(H,27,28). The first-order valence-electron chi connectivity index (χ1n) is 10.5. The molecule has 2 amide bonds. The van der Waals surface area contributed by atoms with E-state index in [9.17, 15) is 14.0 Å². The van der Waals surface area contributed by atoms with Gasteiger partial charge in [0, 0.05) is 24.2 Å². The van der Waals surface area contributed by atoms with Crippen molar-refractivity contribution in [2.45, 2.75) is 56.8 Å². The first kappa shape index (κ1) is 21.3. The molecule has 2 bridgehead atoms. The summed E-state index contributed by atoms with van der Waals surface area (Å²) in [6, 6.07) is 4.33. The molecule has 4 aliphatic rings. The van der Waals surface area contributed by atoms with Gasteiger partial charge in [0.1, 0.15) is 11.6 Å². The Labute approximate surface area is 180 Å². The van der Waals surface area contributed by atoms with Crippen molar-refractivity contribution in [3.8, 4) is 5.75 Å². The van der Waals surface area contributed by atoms with Crippen molar-refractivity contribution in [2.75, 3.05) is 19.7 Å². The number of ether oxygens (including phenoxy) is 1. The quantitative estimate of drug-likeness (QED) is 0.496. The van der Waals surface area contributed by atoms with Crippen LogP contribution in [0.2, 0.25) is 5.02 Å². The summed E-state index contributed by atoms with van der Waals surface area (Å²) in [4.78, 5) is 24.8. The van der Waals surface area contributed by atoms with E-state index in [1.54, 1.807) is 0 Å².